The fourth-order valence-corrected chi connectivity index (χ4v) is 1.13. The molecule has 0 aliphatic carbocycles. The summed E-state index contributed by atoms with van der Waals surface area (Å²) >= 11 is 0. The summed E-state index contributed by atoms with van der Waals surface area (Å²) in [6, 6.07) is 0. The van der Waals surface area contributed by atoms with E-state index >= 15 is 0 Å². The molecule has 2 amide bonds. The van der Waals surface area contributed by atoms with Crippen molar-refractivity contribution in [1.29, 1.82) is 0 Å². The molecule has 0 saturated heterocycles. The Kier molecular flexibility index (Phi) is 6.92. The normalized spacial score (nSPS) is 12.6. The van der Waals surface area contributed by atoms with Crippen LogP contribution < -0.4 is 11.5 Å². The first-order valence-electron chi connectivity index (χ1n) is 5.38. The van der Waals surface area contributed by atoms with E-state index in [1.54, 1.807) is 13.8 Å². The highest BCUT2D eigenvalue weighted by Crippen LogP contribution is 2.05. The molecule has 0 saturated carbocycles. The van der Waals surface area contributed by atoms with Crippen LogP contribution >= 0.6 is 0 Å². The van der Waals surface area contributed by atoms with Crippen LogP contribution in [-0.2, 0) is 9.59 Å². The second-order valence-electron chi connectivity index (χ2n) is 3.79. The first-order valence-corrected chi connectivity index (χ1v) is 5.38. The van der Waals surface area contributed by atoms with Crippen molar-refractivity contribution in [1.82, 2.24) is 0 Å². The Hall–Kier alpha value is -1.58. The number of carbonyl (C=O) groups excluding carboxylic acids is 2. The van der Waals surface area contributed by atoms with Crippen molar-refractivity contribution in [2.45, 2.75) is 39.5 Å². The lowest BCUT2D eigenvalue weighted by Crippen LogP contribution is -2.11. The van der Waals surface area contributed by atoms with Crippen LogP contribution in [-0.4, -0.2) is 11.8 Å². The van der Waals surface area contributed by atoms with Crippen molar-refractivity contribution in [3.05, 3.63) is 23.3 Å². The van der Waals surface area contributed by atoms with Gasteiger partial charge in [0.2, 0.25) is 11.8 Å². The first kappa shape index (κ1) is 14.4. The summed E-state index contributed by atoms with van der Waals surface area (Å²) in [7, 11) is 0. The zero-order valence-electron chi connectivity index (χ0n) is 9.95. The van der Waals surface area contributed by atoms with Gasteiger partial charge in [-0.05, 0) is 39.5 Å². The summed E-state index contributed by atoms with van der Waals surface area (Å²) < 4.78 is 0. The second kappa shape index (κ2) is 7.68. The molecule has 0 unspecified atom stereocenters. The number of hydrogen-bond donors (Lipinski definition) is 2. The Balaban J connectivity index is 3.70. The van der Waals surface area contributed by atoms with E-state index in [4.69, 9.17) is 11.5 Å². The largest absolute Gasteiger partial charge is 0.366 e. The van der Waals surface area contributed by atoms with Crippen LogP contribution in [0.4, 0.5) is 0 Å². The Morgan fingerprint density at radius 2 is 1.19 bits per heavy atom. The number of amides is 2. The van der Waals surface area contributed by atoms with Crippen LogP contribution in [0, 0.1) is 0 Å². The van der Waals surface area contributed by atoms with E-state index in [0.29, 0.717) is 11.1 Å². The van der Waals surface area contributed by atoms with Crippen molar-refractivity contribution in [3.8, 4) is 0 Å². The van der Waals surface area contributed by atoms with Crippen LogP contribution in [0.5, 0.6) is 0 Å². The van der Waals surface area contributed by atoms with Gasteiger partial charge >= 0.3 is 0 Å². The topological polar surface area (TPSA) is 86.2 Å². The molecule has 0 spiro atoms. The third kappa shape index (κ3) is 6.81. The lowest BCUT2D eigenvalue weighted by molar-refractivity contribution is -0.115. The summed E-state index contributed by atoms with van der Waals surface area (Å²) in [4.78, 5) is 21.4. The van der Waals surface area contributed by atoms with Gasteiger partial charge < -0.3 is 11.5 Å². The SMILES string of the molecule is C/C(=C\CCCC/C=C(\C)C(N)=O)C(N)=O. The van der Waals surface area contributed by atoms with Gasteiger partial charge in [0.1, 0.15) is 0 Å². The number of hydrogen-bond acceptors (Lipinski definition) is 2. The number of carbonyl (C=O) groups is 2. The number of rotatable bonds is 7. The average molecular weight is 224 g/mol. The Labute approximate surface area is 96.4 Å². The highest BCUT2D eigenvalue weighted by Gasteiger charge is 1.96. The highest BCUT2D eigenvalue weighted by molar-refractivity contribution is 5.91. The molecule has 0 heterocycles. The third-order valence-corrected chi connectivity index (χ3v) is 2.34. The van der Waals surface area contributed by atoms with Gasteiger partial charge in [-0.1, -0.05) is 12.2 Å². The molecule has 16 heavy (non-hydrogen) atoms. The maximum absolute atomic E-state index is 10.7. The lowest BCUT2D eigenvalue weighted by Gasteiger charge is -1.97. The molecule has 4 heteroatoms. The molecular formula is C12H20N2O2. The number of unbranched alkanes of at least 4 members (excludes halogenated alkanes) is 3. The standard InChI is InChI=1S/C12H20N2O2/c1-9(11(13)15)7-5-3-4-6-8-10(2)12(14)16/h7-8H,3-6H2,1-2H3,(H2,13,15)(H2,14,16)/b9-7+,10-8+. The highest BCUT2D eigenvalue weighted by atomic mass is 16.1. The van der Waals surface area contributed by atoms with Gasteiger partial charge in [0.05, 0.1) is 0 Å². The Morgan fingerprint density at radius 1 is 0.875 bits per heavy atom. The summed E-state index contributed by atoms with van der Waals surface area (Å²) in [6.45, 7) is 3.42. The molecule has 0 aromatic rings. The van der Waals surface area contributed by atoms with E-state index in [-0.39, 0.29) is 11.8 Å². The lowest BCUT2D eigenvalue weighted by atomic mass is 10.1. The van der Waals surface area contributed by atoms with Gasteiger partial charge in [0, 0.05) is 11.1 Å². The summed E-state index contributed by atoms with van der Waals surface area (Å²) in [5, 5.41) is 0. The van der Waals surface area contributed by atoms with E-state index in [1.165, 1.54) is 0 Å². The molecule has 0 aromatic heterocycles. The predicted molar refractivity (Wildman–Crippen MR) is 64.4 cm³/mol. The van der Waals surface area contributed by atoms with E-state index in [2.05, 4.69) is 0 Å². The molecule has 90 valence electrons. The molecule has 0 aliphatic rings. The molecule has 4 N–H and O–H groups in total. The first-order chi connectivity index (χ1) is 7.45. The van der Waals surface area contributed by atoms with E-state index in [0.717, 1.165) is 25.7 Å². The minimum Gasteiger partial charge on any atom is -0.366 e. The molecular weight excluding hydrogens is 204 g/mol. The van der Waals surface area contributed by atoms with Crippen LogP contribution in [0.15, 0.2) is 23.3 Å². The average Bonchev–Trinajstić information content (AvgIpc) is 2.21. The summed E-state index contributed by atoms with van der Waals surface area (Å²) in [6.07, 6.45) is 7.27. The van der Waals surface area contributed by atoms with Crippen molar-refractivity contribution >= 4 is 11.8 Å². The van der Waals surface area contributed by atoms with Gasteiger partial charge in [0.25, 0.3) is 0 Å². The van der Waals surface area contributed by atoms with Crippen molar-refractivity contribution in [2.75, 3.05) is 0 Å². The van der Waals surface area contributed by atoms with Crippen molar-refractivity contribution < 1.29 is 9.59 Å². The maximum Gasteiger partial charge on any atom is 0.244 e. The maximum atomic E-state index is 10.7. The zero-order valence-corrected chi connectivity index (χ0v) is 9.95. The van der Waals surface area contributed by atoms with Gasteiger partial charge in [0.15, 0.2) is 0 Å². The van der Waals surface area contributed by atoms with Crippen molar-refractivity contribution in [3.63, 3.8) is 0 Å². The fraction of sp³-hybridized carbons (Fsp3) is 0.500. The Bertz CT molecular complexity index is 285. The van der Waals surface area contributed by atoms with Crippen LogP contribution in [0.3, 0.4) is 0 Å². The molecule has 0 atom stereocenters. The predicted octanol–water partition coefficient (Wildman–Crippen LogP) is 1.41. The fourth-order valence-electron chi connectivity index (χ4n) is 1.13. The molecule has 0 fully saturated rings. The van der Waals surface area contributed by atoms with E-state index in [1.807, 2.05) is 12.2 Å². The molecule has 0 bridgehead atoms. The van der Waals surface area contributed by atoms with Crippen LogP contribution in [0.1, 0.15) is 39.5 Å². The number of primary amides is 2. The van der Waals surface area contributed by atoms with E-state index in [9.17, 15) is 9.59 Å². The van der Waals surface area contributed by atoms with Crippen LogP contribution in [0.25, 0.3) is 0 Å². The monoisotopic (exact) mass is 224 g/mol. The molecule has 0 rings (SSSR count). The van der Waals surface area contributed by atoms with E-state index < -0.39 is 0 Å². The van der Waals surface area contributed by atoms with Gasteiger partial charge in [-0.25, -0.2) is 0 Å². The Morgan fingerprint density at radius 3 is 1.44 bits per heavy atom. The smallest absolute Gasteiger partial charge is 0.244 e. The van der Waals surface area contributed by atoms with Gasteiger partial charge in [-0.15, -0.1) is 0 Å². The third-order valence-electron chi connectivity index (χ3n) is 2.34. The minimum absolute atomic E-state index is 0.371. The zero-order chi connectivity index (χ0) is 12.6. The molecule has 0 aromatic carbocycles. The quantitative estimate of drug-likeness (QED) is 0.506. The second-order valence-corrected chi connectivity index (χ2v) is 3.79. The molecule has 0 aliphatic heterocycles. The van der Waals surface area contributed by atoms with Crippen LogP contribution in [0.2, 0.25) is 0 Å². The number of nitrogens with two attached hydrogens (primary N) is 2. The molecule has 0 radical (unpaired) electrons. The summed E-state index contributed by atoms with van der Waals surface area (Å²) in [5.41, 5.74) is 11.4. The van der Waals surface area contributed by atoms with Gasteiger partial charge in [-0.3, -0.25) is 9.59 Å². The van der Waals surface area contributed by atoms with Gasteiger partial charge in [-0.2, -0.15) is 0 Å². The van der Waals surface area contributed by atoms with Crippen molar-refractivity contribution in [2.24, 2.45) is 11.5 Å². The summed E-state index contributed by atoms with van der Waals surface area (Å²) in [5.74, 6) is -0.742. The molecule has 4 nitrogen and oxygen atoms in total. The minimum atomic E-state index is -0.371. The number of allylic oxidation sites excluding steroid dienone is 2.